The van der Waals surface area contributed by atoms with Crippen molar-refractivity contribution < 1.29 is 4.74 Å². The first-order valence-corrected chi connectivity index (χ1v) is 6.65. The average Bonchev–Trinajstić information content (AvgIpc) is 2.94. The third-order valence-electron chi connectivity index (χ3n) is 3.41. The molecule has 0 radical (unpaired) electrons. The Labute approximate surface area is 119 Å². The number of hydrogen-bond acceptors (Lipinski definition) is 5. The summed E-state index contributed by atoms with van der Waals surface area (Å²) in [5.74, 6) is 0. The highest BCUT2D eigenvalue weighted by Gasteiger charge is 2.15. The van der Waals surface area contributed by atoms with Crippen LogP contribution in [0.15, 0.2) is 24.5 Å². The summed E-state index contributed by atoms with van der Waals surface area (Å²) in [5.41, 5.74) is 3.04. The molecule has 2 rings (SSSR count). The molecule has 6 heteroatoms. The highest BCUT2D eigenvalue weighted by molar-refractivity contribution is 5.54. The smallest absolute Gasteiger partial charge is 0.143 e. The molecule has 0 aliphatic heterocycles. The molecule has 108 valence electrons. The van der Waals surface area contributed by atoms with Crippen molar-refractivity contribution in [2.75, 3.05) is 19.0 Å². The van der Waals surface area contributed by atoms with Crippen molar-refractivity contribution in [2.24, 2.45) is 0 Å². The summed E-state index contributed by atoms with van der Waals surface area (Å²) in [4.78, 5) is 0. The standard InChI is InChI=1S/C14H21N5O/c1-11-5-6-12(15-8-7-14(2,3)20-4)9-13(11)19-10-16-17-18-19/h5-6,9-10,15H,7-8H2,1-4H3. The van der Waals surface area contributed by atoms with E-state index in [1.807, 2.05) is 13.0 Å². The Morgan fingerprint density at radius 1 is 1.35 bits per heavy atom. The second kappa shape index (κ2) is 6.00. The summed E-state index contributed by atoms with van der Waals surface area (Å²) < 4.78 is 7.07. The normalized spacial score (nSPS) is 11.6. The Morgan fingerprint density at radius 2 is 2.15 bits per heavy atom. The fourth-order valence-corrected chi connectivity index (χ4v) is 1.85. The quantitative estimate of drug-likeness (QED) is 0.875. The molecule has 0 saturated carbocycles. The molecule has 0 unspecified atom stereocenters. The Kier molecular flexibility index (Phi) is 4.34. The minimum absolute atomic E-state index is 0.115. The second-order valence-corrected chi connectivity index (χ2v) is 5.40. The maximum atomic E-state index is 5.41. The largest absolute Gasteiger partial charge is 0.385 e. The number of benzene rings is 1. The molecule has 0 amide bonds. The van der Waals surface area contributed by atoms with E-state index < -0.39 is 0 Å². The Hall–Kier alpha value is -1.95. The van der Waals surface area contributed by atoms with E-state index >= 15 is 0 Å². The summed E-state index contributed by atoms with van der Waals surface area (Å²) in [6.45, 7) is 7.04. The Morgan fingerprint density at radius 3 is 2.80 bits per heavy atom. The van der Waals surface area contributed by atoms with Crippen LogP contribution in [0.4, 0.5) is 5.69 Å². The van der Waals surface area contributed by atoms with Crippen LogP contribution in [0.1, 0.15) is 25.8 Å². The zero-order valence-electron chi connectivity index (χ0n) is 12.4. The summed E-state index contributed by atoms with van der Waals surface area (Å²) in [6, 6.07) is 6.16. The number of aryl methyl sites for hydroxylation is 1. The Bertz CT molecular complexity index is 551. The number of ether oxygens (including phenoxy) is 1. The van der Waals surface area contributed by atoms with Gasteiger partial charge in [0.1, 0.15) is 6.33 Å². The molecule has 0 saturated heterocycles. The van der Waals surface area contributed by atoms with E-state index in [1.54, 1.807) is 18.1 Å². The number of hydrogen-bond donors (Lipinski definition) is 1. The van der Waals surface area contributed by atoms with E-state index in [0.717, 1.165) is 29.9 Å². The van der Waals surface area contributed by atoms with Gasteiger partial charge >= 0.3 is 0 Å². The van der Waals surface area contributed by atoms with Gasteiger partial charge in [0.2, 0.25) is 0 Å². The SMILES string of the molecule is COC(C)(C)CCNc1ccc(C)c(-n2cnnn2)c1. The predicted octanol–water partition coefficient (Wildman–Crippen LogP) is 2.20. The van der Waals surface area contributed by atoms with Gasteiger partial charge in [0.15, 0.2) is 0 Å². The number of tetrazole rings is 1. The highest BCUT2D eigenvalue weighted by atomic mass is 16.5. The zero-order valence-corrected chi connectivity index (χ0v) is 12.4. The minimum atomic E-state index is -0.115. The van der Waals surface area contributed by atoms with E-state index in [2.05, 4.69) is 46.8 Å². The lowest BCUT2D eigenvalue weighted by Gasteiger charge is -2.23. The van der Waals surface area contributed by atoms with E-state index in [1.165, 1.54) is 0 Å². The summed E-state index contributed by atoms with van der Waals surface area (Å²) in [6.07, 6.45) is 2.53. The lowest BCUT2D eigenvalue weighted by atomic mass is 10.1. The third-order valence-corrected chi connectivity index (χ3v) is 3.41. The molecule has 1 aromatic heterocycles. The van der Waals surface area contributed by atoms with Gasteiger partial charge in [0.05, 0.1) is 11.3 Å². The number of rotatable bonds is 6. The zero-order chi connectivity index (χ0) is 14.6. The van der Waals surface area contributed by atoms with Crippen LogP contribution < -0.4 is 5.32 Å². The van der Waals surface area contributed by atoms with Crippen molar-refractivity contribution in [3.8, 4) is 5.69 Å². The van der Waals surface area contributed by atoms with Crippen LogP contribution in [-0.2, 0) is 4.74 Å². The van der Waals surface area contributed by atoms with Crippen molar-refractivity contribution >= 4 is 5.69 Å². The van der Waals surface area contributed by atoms with Crippen LogP contribution in [0.2, 0.25) is 0 Å². The molecule has 20 heavy (non-hydrogen) atoms. The molecule has 2 aromatic rings. The molecule has 6 nitrogen and oxygen atoms in total. The molecular formula is C14H21N5O. The van der Waals surface area contributed by atoms with Crippen LogP contribution in [0.3, 0.4) is 0 Å². The van der Waals surface area contributed by atoms with Crippen molar-refractivity contribution in [1.29, 1.82) is 0 Å². The molecule has 1 heterocycles. The van der Waals surface area contributed by atoms with E-state index in [4.69, 9.17) is 4.74 Å². The molecule has 0 aliphatic carbocycles. The fourth-order valence-electron chi connectivity index (χ4n) is 1.85. The first kappa shape index (κ1) is 14.5. The number of nitrogens with zero attached hydrogens (tertiary/aromatic N) is 4. The summed E-state index contributed by atoms with van der Waals surface area (Å²) >= 11 is 0. The van der Waals surface area contributed by atoms with Crippen LogP contribution in [0.25, 0.3) is 5.69 Å². The van der Waals surface area contributed by atoms with Gasteiger partial charge < -0.3 is 10.1 Å². The van der Waals surface area contributed by atoms with E-state index in [-0.39, 0.29) is 5.60 Å². The van der Waals surface area contributed by atoms with Crippen molar-refractivity contribution in [2.45, 2.75) is 32.8 Å². The molecule has 0 aliphatic rings. The number of nitrogens with one attached hydrogen (secondary N) is 1. The average molecular weight is 275 g/mol. The molecular weight excluding hydrogens is 254 g/mol. The van der Waals surface area contributed by atoms with Gasteiger partial charge in [-0.1, -0.05) is 6.07 Å². The lowest BCUT2D eigenvalue weighted by Crippen LogP contribution is -2.25. The minimum Gasteiger partial charge on any atom is -0.385 e. The lowest BCUT2D eigenvalue weighted by molar-refractivity contribution is 0.0185. The van der Waals surface area contributed by atoms with Gasteiger partial charge in [-0.05, 0) is 55.3 Å². The van der Waals surface area contributed by atoms with Gasteiger partial charge in [0.25, 0.3) is 0 Å². The third kappa shape index (κ3) is 3.54. The topological polar surface area (TPSA) is 64.9 Å². The van der Waals surface area contributed by atoms with E-state index in [9.17, 15) is 0 Å². The summed E-state index contributed by atoms with van der Waals surface area (Å²) in [7, 11) is 1.74. The van der Waals surface area contributed by atoms with Gasteiger partial charge in [-0.15, -0.1) is 5.10 Å². The summed E-state index contributed by atoms with van der Waals surface area (Å²) in [5, 5.41) is 14.7. The van der Waals surface area contributed by atoms with Crippen molar-refractivity contribution in [1.82, 2.24) is 20.2 Å². The molecule has 1 N–H and O–H groups in total. The van der Waals surface area contributed by atoms with Crippen LogP contribution >= 0.6 is 0 Å². The fraction of sp³-hybridized carbons (Fsp3) is 0.500. The highest BCUT2D eigenvalue weighted by Crippen LogP contribution is 2.19. The first-order chi connectivity index (χ1) is 9.52. The molecule has 0 fully saturated rings. The molecule has 1 aromatic carbocycles. The molecule has 0 atom stereocenters. The predicted molar refractivity (Wildman–Crippen MR) is 78.1 cm³/mol. The maximum absolute atomic E-state index is 5.41. The van der Waals surface area contributed by atoms with Crippen molar-refractivity contribution in [3.05, 3.63) is 30.1 Å². The monoisotopic (exact) mass is 275 g/mol. The number of aromatic nitrogens is 4. The van der Waals surface area contributed by atoms with Crippen LogP contribution in [-0.4, -0.2) is 39.5 Å². The van der Waals surface area contributed by atoms with Gasteiger partial charge in [-0.2, -0.15) is 0 Å². The van der Waals surface area contributed by atoms with Crippen LogP contribution in [0, 0.1) is 6.92 Å². The van der Waals surface area contributed by atoms with Crippen molar-refractivity contribution in [3.63, 3.8) is 0 Å². The molecule has 0 spiro atoms. The van der Waals surface area contributed by atoms with Crippen LogP contribution in [0.5, 0.6) is 0 Å². The maximum Gasteiger partial charge on any atom is 0.143 e. The number of anilines is 1. The van der Waals surface area contributed by atoms with Gasteiger partial charge in [-0.25, -0.2) is 4.68 Å². The van der Waals surface area contributed by atoms with E-state index in [0.29, 0.717) is 0 Å². The second-order valence-electron chi connectivity index (χ2n) is 5.40. The number of methoxy groups -OCH3 is 1. The van der Waals surface area contributed by atoms with Gasteiger partial charge in [0, 0.05) is 19.3 Å². The Balaban J connectivity index is 2.05. The molecule has 0 bridgehead atoms. The first-order valence-electron chi connectivity index (χ1n) is 6.65. The van der Waals surface area contributed by atoms with Gasteiger partial charge in [-0.3, -0.25) is 0 Å².